The van der Waals surface area contributed by atoms with E-state index in [0.717, 1.165) is 12.8 Å². The summed E-state index contributed by atoms with van der Waals surface area (Å²) in [7, 11) is 0. The minimum absolute atomic E-state index is 0.0212. The quantitative estimate of drug-likeness (QED) is 0.362. The lowest BCUT2D eigenvalue weighted by Crippen LogP contribution is -2.30. The molecule has 1 fully saturated rings. The summed E-state index contributed by atoms with van der Waals surface area (Å²) in [6.45, 7) is 2.25. The molecule has 0 spiro atoms. The van der Waals surface area contributed by atoms with Crippen molar-refractivity contribution in [2.75, 3.05) is 4.90 Å². The third-order valence-corrected chi connectivity index (χ3v) is 5.11. The third kappa shape index (κ3) is 6.30. The molecular formula is C22H32NO2. The van der Waals surface area contributed by atoms with Crippen LogP contribution in [0.5, 0.6) is 0 Å². The zero-order valence-electron chi connectivity index (χ0n) is 15.6. The van der Waals surface area contributed by atoms with Crippen LogP contribution >= 0.6 is 0 Å². The molecule has 1 aliphatic rings. The van der Waals surface area contributed by atoms with Crippen molar-refractivity contribution in [3.63, 3.8) is 0 Å². The zero-order chi connectivity index (χ0) is 17.9. The molecule has 2 amide bonds. The first-order chi connectivity index (χ1) is 12.2. The van der Waals surface area contributed by atoms with Crippen LogP contribution < -0.4 is 4.90 Å². The topological polar surface area (TPSA) is 37.4 Å². The van der Waals surface area contributed by atoms with Crippen molar-refractivity contribution in [1.82, 2.24) is 0 Å². The Morgan fingerprint density at radius 2 is 1.48 bits per heavy atom. The Hall–Kier alpha value is -1.64. The average molecular weight is 343 g/mol. The smallest absolute Gasteiger partial charge is 0.237 e. The normalized spacial score (nSPS) is 17.5. The van der Waals surface area contributed by atoms with E-state index in [0.29, 0.717) is 12.1 Å². The molecule has 3 heteroatoms. The van der Waals surface area contributed by atoms with Crippen molar-refractivity contribution in [3.05, 3.63) is 30.3 Å². The lowest BCUT2D eigenvalue weighted by atomic mass is 9.98. The molecule has 3 nitrogen and oxygen atoms in total. The highest BCUT2D eigenvalue weighted by Crippen LogP contribution is 2.29. The second-order valence-corrected chi connectivity index (χ2v) is 7.20. The average Bonchev–Trinajstić information content (AvgIpc) is 2.91. The molecule has 1 aromatic rings. The van der Waals surface area contributed by atoms with Gasteiger partial charge < -0.3 is 0 Å². The molecule has 2 rings (SSSR count). The molecule has 1 aliphatic heterocycles. The predicted molar refractivity (Wildman–Crippen MR) is 102 cm³/mol. The van der Waals surface area contributed by atoms with Gasteiger partial charge in [-0.25, -0.2) is 0 Å². The van der Waals surface area contributed by atoms with E-state index in [4.69, 9.17) is 0 Å². The highest BCUT2D eigenvalue weighted by molar-refractivity contribution is 6.20. The van der Waals surface area contributed by atoms with Crippen molar-refractivity contribution in [1.29, 1.82) is 0 Å². The predicted octanol–water partition coefficient (Wildman–Crippen LogP) is 5.68. The SMILES string of the molecule is CCCCCCCCCCCCC1CC(=O)N(c2cc[c]cc2)C1=O. The van der Waals surface area contributed by atoms with E-state index in [1.807, 2.05) is 0 Å². The van der Waals surface area contributed by atoms with Crippen LogP contribution in [0.15, 0.2) is 24.3 Å². The summed E-state index contributed by atoms with van der Waals surface area (Å²) >= 11 is 0. The van der Waals surface area contributed by atoms with Crippen LogP contribution in [0.25, 0.3) is 0 Å². The van der Waals surface area contributed by atoms with Crippen molar-refractivity contribution < 1.29 is 9.59 Å². The summed E-state index contributed by atoms with van der Waals surface area (Å²) in [5.41, 5.74) is 0.680. The zero-order valence-corrected chi connectivity index (χ0v) is 15.6. The van der Waals surface area contributed by atoms with Gasteiger partial charge in [-0.1, -0.05) is 83.3 Å². The van der Waals surface area contributed by atoms with E-state index < -0.39 is 0 Å². The number of carbonyl (C=O) groups excluding carboxylic acids is 2. The Morgan fingerprint density at radius 3 is 2.08 bits per heavy atom. The van der Waals surface area contributed by atoms with E-state index in [2.05, 4.69) is 13.0 Å². The molecular weight excluding hydrogens is 310 g/mol. The van der Waals surface area contributed by atoms with Gasteiger partial charge in [0, 0.05) is 12.3 Å². The van der Waals surface area contributed by atoms with E-state index in [1.54, 1.807) is 24.3 Å². The molecule has 1 saturated heterocycles. The maximum atomic E-state index is 12.5. The van der Waals surface area contributed by atoms with Gasteiger partial charge in [0.2, 0.25) is 11.8 Å². The number of rotatable bonds is 12. The van der Waals surface area contributed by atoms with Gasteiger partial charge >= 0.3 is 0 Å². The van der Waals surface area contributed by atoms with Gasteiger partial charge in [-0.15, -0.1) is 0 Å². The van der Waals surface area contributed by atoms with Crippen molar-refractivity contribution in [2.45, 2.75) is 84.0 Å². The highest BCUT2D eigenvalue weighted by Gasteiger charge is 2.38. The fourth-order valence-corrected chi connectivity index (χ4v) is 3.60. The lowest BCUT2D eigenvalue weighted by molar-refractivity contribution is -0.122. The third-order valence-electron chi connectivity index (χ3n) is 5.11. The largest absolute Gasteiger partial charge is 0.274 e. The molecule has 0 aromatic heterocycles. The van der Waals surface area contributed by atoms with Gasteiger partial charge in [0.1, 0.15) is 0 Å². The van der Waals surface area contributed by atoms with Gasteiger partial charge in [-0.2, -0.15) is 0 Å². The summed E-state index contributed by atoms with van der Waals surface area (Å²) in [5.74, 6) is -0.203. The number of hydrogen-bond donors (Lipinski definition) is 0. The Balaban J connectivity index is 1.59. The van der Waals surface area contributed by atoms with Crippen LogP contribution in [0.3, 0.4) is 0 Å². The molecule has 1 heterocycles. The number of anilines is 1. The van der Waals surface area contributed by atoms with Crippen LogP contribution in [-0.2, 0) is 9.59 Å². The summed E-state index contributed by atoms with van der Waals surface area (Å²) in [6.07, 6.45) is 14.1. The first-order valence-electron chi connectivity index (χ1n) is 10.1. The summed E-state index contributed by atoms with van der Waals surface area (Å²) in [6, 6.07) is 9.96. The summed E-state index contributed by atoms with van der Waals surface area (Å²) < 4.78 is 0. The number of hydrogen-bond acceptors (Lipinski definition) is 2. The second kappa shape index (κ2) is 11.1. The number of nitrogens with zero attached hydrogens (tertiary/aromatic N) is 1. The highest BCUT2D eigenvalue weighted by atomic mass is 16.2. The monoisotopic (exact) mass is 342 g/mol. The van der Waals surface area contributed by atoms with Gasteiger partial charge in [0.15, 0.2) is 0 Å². The van der Waals surface area contributed by atoms with Crippen LogP contribution in [0, 0.1) is 12.0 Å². The Morgan fingerprint density at radius 1 is 0.920 bits per heavy atom. The van der Waals surface area contributed by atoms with Crippen molar-refractivity contribution in [2.24, 2.45) is 5.92 Å². The van der Waals surface area contributed by atoms with Crippen LogP contribution in [-0.4, -0.2) is 11.8 Å². The molecule has 1 atom stereocenters. The van der Waals surface area contributed by atoms with E-state index in [9.17, 15) is 9.59 Å². The molecule has 1 unspecified atom stereocenters. The second-order valence-electron chi connectivity index (χ2n) is 7.20. The first-order valence-corrected chi connectivity index (χ1v) is 10.1. The van der Waals surface area contributed by atoms with Crippen LogP contribution in [0.2, 0.25) is 0 Å². The minimum Gasteiger partial charge on any atom is -0.274 e. The standard InChI is InChI=1S/C22H32NO2/c1-2-3-4-5-6-7-8-9-10-12-15-19-18-21(24)23(22(19)25)20-16-13-11-14-17-20/h13-14,16-17,19H,2-10,12,15,18H2,1H3. The number of benzene rings is 1. The first kappa shape index (κ1) is 19.7. The van der Waals surface area contributed by atoms with E-state index >= 15 is 0 Å². The molecule has 137 valence electrons. The van der Waals surface area contributed by atoms with Gasteiger partial charge in [0.05, 0.1) is 5.69 Å². The van der Waals surface area contributed by atoms with Crippen molar-refractivity contribution >= 4 is 17.5 Å². The fourth-order valence-electron chi connectivity index (χ4n) is 3.60. The Kier molecular flexibility index (Phi) is 8.71. The molecule has 0 N–H and O–H groups in total. The molecule has 0 bridgehead atoms. The number of carbonyl (C=O) groups is 2. The maximum Gasteiger partial charge on any atom is 0.237 e. The molecule has 0 saturated carbocycles. The number of imide groups is 1. The Bertz CT molecular complexity index is 526. The fraction of sp³-hybridized carbons (Fsp3) is 0.636. The lowest BCUT2D eigenvalue weighted by Gasteiger charge is -2.14. The van der Waals surface area contributed by atoms with Crippen LogP contribution in [0.4, 0.5) is 5.69 Å². The van der Waals surface area contributed by atoms with Gasteiger partial charge in [-0.05, 0) is 24.6 Å². The van der Waals surface area contributed by atoms with E-state index in [-0.39, 0.29) is 17.7 Å². The number of amides is 2. The van der Waals surface area contributed by atoms with E-state index in [1.165, 1.54) is 62.7 Å². The Labute approximate surface area is 152 Å². The van der Waals surface area contributed by atoms with Gasteiger partial charge in [-0.3, -0.25) is 14.5 Å². The van der Waals surface area contributed by atoms with Gasteiger partial charge in [0.25, 0.3) is 0 Å². The van der Waals surface area contributed by atoms with Crippen LogP contribution in [0.1, 0.15) is 84.0 Å². The molecule has 1 radical (unpaired) electrons. The summed E-state index contributed by atoms with van der Waals surface area (Å²) in [5, 5.41) is 0. The maximum absolute atomic E-state index is 12.5. The minimum atomic E-state index is -0.120. The molecule has 1 aromatic carbocycles. The molecule has 0 aliphatic carbocycles. The summed E-state index contributed by atoms with van der Waals surface area (Å²) in [4.78, 5) is 26.0. The number of unbranched alkanes of at least 4 members (excludes halogenated alkanes) is 9. The van der Waals surface area contributed by atoms with Crippen molar-refractivity contribution in [3.8, 4) is 0 Å². The molecule has 25 heavy (non-hydrogen) atoms.